The first-order valence-corrected chi connectivity index (χ1v) is 8.21. The van der Waals surface area contributed by atoms with E-state index in [1.165, 1.54) is 19.3 Å². The van der Waals surface area contributed by atoms with E-state index in [1.807, 2.05) is 14.0 Å². The minimum absolute atomic E-state index is 0.0534. The molecule has 4 heteroatoms. The fraction of sp³-hybridized carbons (Fsp3) is 0.938. The van der Waals surface area contributed by atoms with Crippen LogP contribution in [0.2, 0.25) is 0 Å². The zero-order valence-electron chi connectivity index (χ0n) is 13.3. The smallest absolute Gasteiger partial charge is 0.327 e. The van der Waals surface area contributed by atoms with Crippen LogP contribution in [0.4, 0.5) is 0 Å². The quantitative estimate of drug-likeness (QED) is 0.757. The lowest BCUT2D eigenvalue weighted by Gasteiger charge is -2.36. The summed E-state index contributed by atoms with van der Waals surface area (Å²) in [5.41, 5.74) is -0.483. The second kappa shape index (κ2) is 6.90. The summed E-state index contributed by atoms with van der Waals surface area (Å²) in [6.07, 6.45) is 6.08. The van der Waals surface area contributed by atoms with Crippen LogP contribution in [0.1, 0.15) is 46.0 Å². The van der Waals surface area contributed by atoms with Crippen LogP contribution in [0.15, 0.2) is 0 Å². The molecule has 0 aromatic rings. The number of carbonyl (C=O) groups is 1. The maximum absolute atomic E-state index is 12.5. The number of nitrogens with one attached hydrogen (secondary N) is 1. The van der Waals surface area contributed by atoms with Crippen molar-refractivity contribution in [3.63, 3.8) is 0 Å². The van der Waals surface area contributed by atoms with Gasteiger partial charge in [0, 0.05) is 6.54 Å². The Bertz CT molecular complexity index is 330. The summed E-state index contributed by atoms with van der Waals surface area (Å²) < 4.78 is 5.37. The first kappa shape index (κ1) is 15.8. The second-order valence-corrected chi connectivity index (χ2v) is 6.53. The molecule has 20 heavy (non-hydrogen) atoms. The number of ether oxygens (including phenoxy) is 1. The number of hydrogen-bond donors (Lipinski definition) is 1. The highest BCUT2D eigenvalue weighted by molar-refractivity contribution is 5.82. The molecule has 0 aromatic heterocycles. The highest BCUT2D eigenvalue weighted by Crippen LogP contribution is 2.41. The monoisotopic (exact) mass is 282 g/mol. The molecule has 0 bridgehead atoms. The van der Waals surface area contributed by atoms with Gasteiger partial charge >= 0.3 is 5.97 Å². The van der Waals surface area contributed by atoms with Crippen molar-refractivity contribution in [3.8, 4) is 0 Å². The molecule has 2 fully saturated rings. The van der Waals surface area contributed by atoms with E-state index >= 15 is 0 Å². The standard InChI is InChI=1S/C16H30N2O2/c1-4-20-15(19)16(17-3,14-7-8-14)12-18-10-5-6-13(2)9-11-18/h13-14,17H,4-12H2,1-3H3. The van der Waals surface area contributed by atoms with Crippen LogP contribution in [0, 0.1) is 11.8 Å². The van der Waals surface area contributed by atoms with Gasteiger partial charge in [0.25, 0.3) is 0 Å². The Morgan fingerprint density at radius 1 is 1.30 bits per heavy atom. The lowest BCUT2D eigenvalue weighted by molar-refractivity contribution is -0.153. The summed E-state index contributed by atoms with van der Waals surface area (Å²) in [4.78, 5) is 15.0. The van der Waals surface area contributed by atoms with Crippen molar-refractivity contribution in [1.82, 2.24) is 10.2 Å². The van der Waals surface area contributed by atoms with Gasteiger partial charge in [-0.1, -0.05) is 6.92 Å². The molecule has 2 rings (SSSR count). The lowest BCUT2D eigenvalue weighted by atomic mass is 9.92. The van der Waals surface area contributed by atoms with Gasteiger partial charge in [-0.25, -0.2) is 4.79 Å². The van der Waals surface area contributed by atoms with Gasteiger partial charge in [-0.15, -0.1) is 0 Å². The third-order valence-electron chi connectivity index (χ3n) is 4.94. The minimum atomic E-state index is -0.483. The van der Waals surface area contributed by atoms with Crippen LogP contribution in [0.3, 0.4) is 0 Å². The summed E-state index contributed by atoms with van der Waals surface area (Å²) in [6.45, 7) is 7.71. The topological polar surface area (TPSA) is 41.6 Å². The summed E-state index contributed by atoms with van der Waals surface area (Å²) in [7, 11) is 1.91. The van der Waals surface area contributed by atoms with Crippen molar-refractivity contribution in [2.24, 2.45) is 11.8 Å². The van der Waals surface area contributed by atoms with E-state index in [4.69, 9.17) is 4.74 Å². The van der Waals surface area contributed by atoms with Gasteiger partial charge in [-0.05, 0) is 71.0 Å². The molecule has 0 amide bonds. The molecule has 1 aliphatic heterocycles. The second-order valence-electron chi connectivity index (χ2n) is 6.53. The van der Waals surface area contributed by atoms with Gasteiger partial charge < -0.3 is 15.0 Å². The molecule has 0 radical (unpaired) electrons. The number of carbonyl (C=O) groups excluding carboxylic acids is 1. The first-order valence-electron chi connectivity index (χ1n) is 8.21. The summed E-state index contributed by atoms with van der Waals surface area (Å²) in [6, 6.07) is 0. The molecule has 1 saturated carbocycles. The van der Waals surface area contributed by atoms with E-state index in [0.717, 1.165) is 38.4 Å². The Morgan fingerprint density at radius 2 is 2.05 bits per heavy atom. The molecule has 2 unspecified atom stereocenters. The molecular formula is C16H30N2O2. The molecule has 1 N–H and O–H groups in total. The minimum Gasteiger partial charge on any atom is -0.465 e. The van der Waals surface area contributed by atoms with Gasteiger partial charge in [-0.2, -0.15) is 0 Å². The Balaban J connectivity index is 2.05. The van der Waals surface area contributed by atoms with E-state index in [0.29, 0.717) is 12.5 Å². The van der Waals surface area contributed by atoms with Crippen molar-refractivity contribution in [2.75, 3.05) is 33.3 Å². The van der Waals surface area contributed by atoms with Gasteiger partial charge in [0.15, 0.2) is 0 Å². The van der Waals surface area contributed by atoms with Crippen LogP contribution in [0.5, 0.6) is 0 Å². The fourth-order valence-corrected chi connectivity index (χ4v) is 3.41. The summed E-state index contributed by atoms with van der Waals surface area (Å²) in [5, 5.41) is 3.32. The molecule has 4 nitrogen and oxygen atoms in total. The third kappa shape index (κ3) is 3.53. The maximum atomic E-state index is 12.5. The van der Waals surface area contributed by atoms with E-state index in [9.17, 15) is 4.79 Å². The lowest BCUT2D eigenvalue weighted by Crippen LogP contribution is -2.60. The molecule has 0 aromatic carbocycles. The third-order valence-corrected chi connectivity index (χ3v) is 4.94. The van der Waals surface area contributed by atoms with Gasteiger partial charge in [-0.3, -0.25) is 0 Å². The summed E-state index contributed by atoms with van der Waals surface area (Å²) >= 11 is 0. The SMILES string of the molecule is CCOC(=O)C(CN1CCCC(C)CC1)(NC)C1CC1. The zero-order chi connectivity index (χ0) is 14.6. The Hall–Kier alpha value is -0.610. The van der Waals surface area contributed by atoms with E-state index < -0.39 is 5.54 Å². The molecule has 2 atom stereocenters. The van der Waals surface area contributed by atoms with Crippen LogP contribution >= 0.6 is 0 Å². The number of nitrogens with zero attached hydrogens (tertiary/aromatic N) is 1. The number of hydrogen-bond acceptors (Lipinski definition) is 4. The van der Waals surface area contributed by atoms with E-state index in [1.54, 1.807) is 0 Å². The zero-order valence-corrected chi connectivity index (χ0v) is 13.3. The fourth-order valence-electron chi connectivity index (χ4n) is 3.41. The van der Waals surface area contributed by atoms with E-state index in [2.05, 4.69) is 17.1 Å². The maximum Gasteiger partial charge on any atom is 0.327 e. The van der Waals surface area contributed by atoms with Gasteiger partial charge in [0.05, 0.1) is 6.61 Å². The Labute approximate surface area is 123 Å². The molecule has 1 saturated heterocycles. The largest absolute Gasteiger partial charge is 0.465 e. The van der Waals surface area contributed by atoms with Crippen molar-refractivity contribution in [1.29, 1.82) is 0 Å². The average molecular weight is 282 g/mol. The van der Waals surface area contributed by atoms with Crippen molar-refractivity contribution in [3.05, 3.63) is 0 Å². The molecule has 2 aliphatic rings. The van der Waals surface area contributed by atoms with Crippen LogP contribution in [-0.4, -0.2) is 49.7 Å². The van der Waals surface area contributed by atoms with Crippen LogP contribution < -0.4 is 5.32 Å². The van der Waals surface area contributed by atoms with E-state index in [-0.39, 0.29) is 5.97 Å². The highest BCUT2D eigenvalue weighted by atomic mass is 16.5. The number of rotatable bonds is 6. The molecule has 0 spiro atoms. The molecule has 1 aliphatic carbocycles. The predicted octanol–water partition coefficient (Wildman–Crippen LogP) is 2.04. The van der Waals surface area contributed by atoms with Crippen LogP contribution in [0.25, 0.3) is 0 Å². The molecular weight excluding hydrogens is 252 g/mol. The number of likely N-dealkylation sites (N-methyl/N-ethyl adjacent to an activating group) is 1. The molecule has 1 heterocycles. The van der Waals surface area contributed by atoms with Crippen molar-refractivity contribution >= 4 is 5.97 Å². The number of esters is 1. The van der Waals surface area contributed by atoms with Gasteiger partial charge in [0.2, 0.25) is 0 Å². The Morgan fingerprint density at radius 3 is 2.65 bits per heavy atom. The van der Waals surface area contributed by atoms with Crippen LogP contribution in [-0.2, 0) is 9.53 Å². The molecule has 116 valence electrons. The van der Waals surface area contributed by atoms with Crippen molar-refractivity contribution in [2.45, 2.75) is 51.5 Å². The normalized spacial score (nSPS) is 27.6. The van der Waals surface area contributed by atoms with Crippen molar-refractivity contribution < 1.29 is 9.53 Å². The summed E-state index contributed by atoms with van der Waals surface area (Å²) in [5.74, 6) is 1.21. The predicted molar refractivity (Wildman–Crippen MR) is 80.6 cm³/mol. The average Bonchev–Trinajstić information content (AvgIpc) is 3.26. The first-order chi connectivity index (χ1) is 9.62. The van der Waals surface area contributed by atoms with Gasteiger partial charge in [0.1, 0.15) is 5.54 Å². The Kier molecular flexibility index (Phi) is 5.44. The highest BCUT2D eigenvalue weighted by Gasteiger charge is 2.51. The number of likely N-dealkylation sites (tertiary alicyclic amines) is 1.